The van der Waals surface area contributed by atoms with E-state index >= 15 is 0 Å². The normalized spacial score (nSPS) is 21.6. The van der Waals surface area contributed by atoms with Crippen LogP contribution in [0.15, 0.2) is 30.3 Å². The Hall–Kier alpha value is -2.56. The fourth-order valence-electron chi connectivity index (χ4n) is 4.19. The van der Waals surface area contributed by atoms with Crippen molar-refractivity contribution in [2.75, 3.05) is 13.1 Å². The Balaban J connectivity index is 1.38. The second-order valence-electron chi connectivity index (χ2n) is 7.68. The summed E-state index contributed by atoms with van der Waals surface area (Å²) in [6, 6.07) is 8.15. The molecule has 0 unspecified atom stereocenters. The van der Waals surface area contributed by atoms with Gasteiger partial charge in [-0.25, -0.2) is 0 Å². The number of carbonyl (C=O) groups excluding carboxylic acids is 1. The van der Waals surface area contributed by atoms with Crippen molar-refractivity contribution in [2.45, 2.75) is 51.6 Å². The van der Waals surface area contributed by atoms with Crippen LogP contribution in [-0.2, 0) is 11.2 Å². The van der Waals surface area contributed by atoms with E-state index in [1.165, 1.54) is 5.56 Å². The van der Waals surface area contributed by atoms with E-state index in [1.54, 1.807) is 0 Å². The van der Waals surface area contributed by atoms with Crippen LogP contribution >= 0.6 is 0 Å². The van der Waals surface area contributed by atoms with E-state index in [0.29, 0.717) is 6.42 Å². The van der Waals surface area contributed by atoms with Gasteiger partial charge in [0.25, 0.3) is 0 Å². The molecule has 142 valence electrons. The minimum absolute atomic E-state index is 0.229. The lowest BCUT2D eigenvalue weighted by Crippen LogP contribution is -2.38. The number of likely N-dealkylation sites (tertiary alicyclic amines) is 1. The number of hydrogen-bond acceptors (Lipinski definition) is 3. The second kappa shape index (κ2) is 7.22. The van der Waals surface area contributed by atoms with Crippen LogP contribution < -0.4 is 4.74 Å². The molecule has 1 aromatic heterocycles. The molecule has 5 nitrogen and oxygen atoms in total. The van der Waals surface area contributed by atoms with Gasteiger partial charge in [-0.1, -0.05) is 24.3 Å². The number of aromatic amines is 1. The van der Waals surface area contributed by atoms with Gasteiger partial charge in [-0.2, -0.15) is 5.10 Å². The van der Waals surface area contributed by atoms with Gasteiger partial charge in [-0.15, -0.1) is 0 Å². The first-order chi connectivity index (χ1) is 13.1. The van der Waals surface area contributed by atoms with Crippen LogP contribution in [0.25, 0.3) is 6.08 Å². The Morgan fingerprint density at radius 1 is 1.26 bits per heavy atom. The smallest absolute Gasteiger partial charge is 0.222 e. The van der Waals surface area contributed by atoms with Crippen molar-refractivity contribution in [3.63, 3.8) is 0 Å². The molecule has 1 fully saturated rings. The average Bonchev–Trinajstić information content (AvgIpc) is 2.87. The van der Waals surface area contributed by atoms with Crippen molar-refractivity contribution >= 4 is 12.0 Å². The van der Waals surface area contributed by atoms with Crippen molar-refractivity contribution in [3.8, 4) is 5.75 Å². The Labute approximate surface area is 160 Å². The zero-order valence-corrected chi connectivity index (χ0v) is 16.1. The molecule has 1 amide bonds. The van der Waals surface area contributed by atoms with Gasteiger partial charge in [0, 0.05) is 37.2 Å². The molecule has 4 rings (SSSR count). The van der Waals surface area contributed by atoms with Crippen LogP contribution in [-0.4, -0.2) is 39.7 Å². The summed E-state index contributed by atoms with van der Waals surface area (Å²) >= 11 is 0. The van der Waals surface area contributed by atoms with Crippen LogP contribution in [0.3, 0.4) is 0 Å². The van der Waals surface area contributed by atoms with Crippen molar-refractivity contribution in [3.05, 3.63) is 52.9 Å². The van der Waals surface area contributed by atoms with E-state index in [-0.39, 0.29) is 11.5 Å². The summed E-state index contributed by atoms with van der Waals surface area (Å²) < 4.78 is 6.38. The Bertz CT molecular complexity index is 851. The second-order valence-corrected chi connectivity index (χ2v) is 7.68. The van der Waals surface area contributed by atoms with Gasteiger partial charge in [0.1, 0.15) is 11.4 Å². The third-order valence-corrected chi connectivity index (χ3v) is 5.85. The number of nitrogens with one attached hydrogen (secondary N) is 1. The third-order valence-electron chi connectivity index (χ3n) is 5.85. The number of benzene rings is 1. The van der Waals surface area contributed by atoms with Gasteiger partial charge in [0.2, 0.25) is 5.91 Å². The Morgan fingerprint density at radius 3 is 2.93 bits per heavy atom. The van der Waals surface area contributed by atoms with Crippen LogP contribution in [0.1, 0.15) is 48.2 Å². The summed E-state index contributed by atoms with van der Waals surface area (Å²) in [4.78, 5) is 14.8. The maximum absolute atomic E-state index is 12.8. The van der Waals surface area contributed by atoms with Crippen molar-refractivity contribution < 1.29 is 9.53 Å². The fourth-order valence-corrected chi connectivity index (χ4v) is 4.19. The highest BCUT2D eigenvalue weighted by atomic mass is 16.5. The van der Waals surface area contributed by atoms with Crippen LogP contribution in [0.4, 0.5) is 0 Å². The number of ether oxygens (including phenoxy) is 1. The molecule has 2 aliphatic heterocycles. The number of hydrogen-bond donors (Lipinski definition) is 1. The molecule has 0 saturated carbocycles. The summed E-state index contributed by atoms with van der Waals surface area (Å²) in [5.74, 6) is 1.18. The summed E-state index contributed by atoms with van der Waals surface area (Å²) in [5.41, 5.74) is 4.08. The van der Waals surface area contributed by atoms with E-state index in [9.17, 15) is 4.79 Å². The standard InChI is InChI=1S/C22H27N3O2/c1-16-19(17(2)24-23-16)8-9-21(26)25-14-5-11-22(13-15-25)12-10-18-6-3-4-7-20(18)27-22/h3-4,6-7,10,12H,5,8-9,11,13-15H2,1-2H3,(H,23,24)/t22-/m1/s1. The van der Waals surface area contributed by atoms with Crippen LogP contribution in [0.5, 0.6) is 5.75 Å². The zero-order valence-electron chi connectivity index (χ0n) is 16.1. The monoisotopic (exact) mass is 365 g/mol. The lowest BCUT2D eigenvalue weighted by Gasteiger charge is -2.34. The van der Waals surface area contributed by atoms with E-state index in [4.69, 9.17) is 4.74 Å². The third kappa shape index (κ3) is 3.64. The molecule has 1 aromatic carbocycles. The largest absolute Gasteiger partial charge is 0.483 e. The minimum Gasteiger partial charge on any atom is -0.483 e. The van der Waals surface area contributed by atoms with Crippen molar-refractivity contribution in [1.82, 2.24) is 15.1 Å². The van der Waals surface area contributed by atoms with Crippen molar-refractivity contribution in [2.24, 2.45) is 0 Å². The molecule has 0 aliphatic carbocycles. The maximum Gasteiger partial charge on any atom is 0.222 e. The molecule has 1 N–H and O–H groups in total. The predicted octanol–water partition coefficient (Wildman–Crippen LogP) is 3.82. The minimum atomic E-state index is -0.277. The molecular weight excluding hydrogens is 338 g/mol. The number of aryl methyl sites for hydroxylation is 2. The number of amides is 1. The van der Waals surface area contributed by atoms with E-state index in [1.807, 2.05) is 36.9 Å². The highest BCUT2D eigenvalue weighted by molar-refractivity contribution is 5.76. The Morgan fingerprint density at radius 2 is 2.11 bits per heavy atom. The van der Waals surface area contributed by atoms with E-state index in [2.05, 4.69) is 28.4 Å². The quantitative estimate of drug-likeness (QED) is 0.900. The topological polar surface area (TPSA) is 58.2 Å². The lowest BCUT2D eigenvalue weighted by molar-refractivity contribution is -0.131. The molecule has 2 aliphatic rings. The maximum atomic E-state index is 12.8. The first-order valence-corrected chi connectivity index (χ1v) is 9.82. The molecule has 0 radical (unpaired) electrons. The predicted molar refractivity (Wildman–Crippen MR) is 106 cm³/mol. The molecule has 1 saturated heterocycles. The Kier molecular flexibility index (Phi) is 4.77. The molecule has 5 heteroatoms. The number of carbonyl (C=O) groups is 1. The van der Waals surface area contributed by atoms with Crippen LogP contribution in [0, 0.1) is 13.8 Å². The summed E-state index contributed by atoms with van der Waals surface area (Å²) in [7, 11) is 0. The van der Waals surface area contributed by atoms with Crippen LogP contribution in [0.2, 0.25) is 0 Å². The highest BCUT2D eigenvalue weighted by Gasteiger charge is 2.35. The van der Waals surface area contributed by atoms with Gasteiger partial charge >= 0.3 is 0 Å². The van der Waals surface area contributed by atoms with E-state index in [0.717, 1.165) is 61.5 Å². The molecule has 27 heavy (non-hydrogen) atoms. The van der Waals surface area contributed by atoms with Gasteiger partial charge in [-0.3, -0.25) is 9.89 Å². The molecule has 3 heterocycles. The summed E-state index contributed by atoms with van der Waals surface area (Å²) in [6.45, 7) is 5.56. The molecular formula is C22H27N3O2. The molecule has 2 aromatic rings. The SMILES string of the molecule is Cc1n[nH]c(C)c1CCC(=O)N1CCC[C@@]2(C=Cc3ccccc3O2)CC1. The summed E-state index contributed by atoms with van der Waals surface area (Å²) in [5, 5.41) is 7.22. The number of rotatable bonds is 3. The molecule has 1 atom stereocenters. The first-order valence-electron chi connectivity index (χ1n) is 9.82. The fraction of sp³-hybridized carbons (Fsp3) is 0.455. The van der Waals surface area contributed by atoms with Gasteiger partial charge < -0.3 is 9.64 Å². The summed E-state index contributed by atoms with van der Waals surface area (Å²) in [6.07, 6.45) is 8.39. The number of para-hydroxylation sites is 1. The van der Waals surface area contributed by atoms with Gasteiger partial charge in [0.15, 0.2) is 0 Å². The molecule has 1 spiro atoms. The number of nitrogens with zero attached hydrogens (tertiary/aromatic N) is 2. The lowest BCUT2D eigenvalue weighted by atomic mass is 9.91. The van der Waals surface area contributed by atoms with Gasteiger partial charge in [-0.05, 0) is 50.8 Å². The number of fused-ring (bicyclic) bond motifs is 1. The van der Waals surface area contributed by atoms with Gasteiger partial charge in [0.05, 0.1) is 5.69 Å². The van der Waals surface area contributed by atoms with E-state index < -0.39 is 0 Å². The first kappa shape index (κ1) is 17.8. The number of aromatic nitrogens is 2. The zero-order chi connectivity index (χ0) is 18.9. The average molecular weight is 365 g/mol. The molecule has 0 bridgehead atoms. The number of H-pyrrole nitrogens is 1. The van der Waals surface area contributed by atoms with Crippen molar-refractivity contribution in [1.29, 1.82) is 0 Å². The highest BCUT2D eigenvalue weighted by Crippen LogP contribution is 2.37.